The Morgan fingerprint density at radius 1 is 1.27 bits per heavy atom. The van der Waals surface area contributed by atoms with Crippen LogP contribution < -0.4 is 5.73 Å². The van der Waals surface area contributed by atoms with Crippen molar-refractivity contribution in [3.63, 3.8) is 0 Å². The molecule has 0 spiro atoms. The van der Waals surface area contributed by atoms with Crippen molar-refractivity contribution in [1.29, 1.82) is 0 Å². The van der Waals surface area contributed by atoms with Crippen LogP contribution in [0.15, 0.2) is 34.9 Å². The summed E-state index contributed by atoms with van der Waals surface area (Å²) in [6, 6.07) is 10.1. The van der Waals surface area contributed by atoms with Gasteiger partial charge >= 0.3 is 0 Å². The minimum absolute atomic E-state index is 0. The summed E-state index contributed by atoms with van der Waals surface area (Å²) in [5.41, 5.74) is 6.83. The van der Waals surface area contributed by atoms with Crippen molar-refractivity contribution in [2.24, 2.45) is 5.73 Å². The molecule has 2 N–H and O–H groups in total. The SMILES string of the molecule is Cl.NCC1CN(Cc2nc(Cc3ccccc3)no2)CCO1. The summed E-state index contributed by atoms with van der Waals surface area (Å²) in [6.07, 6.45) is 0.796. The van der Waals surface area contributed by atoms with Crippen molar-refractivity contribution < 1.29 is 9.26 Å². The zero-order valence-corrected chi connectivity index (χ0v) is 13.2. The molecule has 1 fully saturated rings. The molecule has 1 unspecified atom stereocenters. The number of aromatic nitrogens is 2. The van der Waals surface area contributed by atoms with Crippen molar-refractivity contribution in [3.8, 4) is 0 Å². The maximum Gasteiger partial charge on any atom is 0.240 e. The van der Waals surface area contributed by atoms with Crippen LogP contribution in [0, 0.1) is 0 Å². The number of nitrogens with zero attached hydrogens (tertiary/aromatic N) is 3. The summed E-state index contributed by atoms with van der Waals surface area (Å²) in [6.45, 7) is 3.58. The summed E-state index contributed by atoms with van der Waals surface area (Å²) in [7, 11) is 0. The predicted octanol–water partition coefficient (Wildman–Crippen LogP) is 1.24. The van der Waals surface area contributed by atoms with Crippen molar-refractivity contribution in [1.82, 2.24) is 15.0 Å². The molecular formula is C15H21ClN4O2. The molecule has 2 aromatic rings. The van der Waals surface area contributed by atoms with E-state index in [-0.39, 0.29) is 18.5 Å². The molecule has 1 saturated heterocycles. The average molecular weight is 325 g/mol. The lowest BCUT2D eigenvalue weighted by atomic mass is 10.1. The van der Waals surface area contributed by atoms with Crippen molar-refractivity contribution in [3.05, 3.63) is 47.6 Å². The Hall–Kier alpha value is -1.47. The Kier molecular flexibility index (Phi) is 6.33. The molecule has 0 saturated carbocycles. The van der Waals surface area contributed by atoms with Crippen LogP contribution in [-0.2, 0) is 17.7 Å². The third-order valence-electron chi connectivity index (χ3n) is 3.56. The molecule has 120 valence electrons. The standard InChI is InChI=1S/C15H20N4O2.ClH/c16-9-13-10-19(6-7-20-13)11-15-17-14(18-21-15)8-12-4-2-1-3-5-12;/h1-5,13H,6-11,16H2;1H. The van der Waals surface area contributed by atoms with Crippen molar-refractivity contribution in [2.45, 2.75) is 19.1 Å². The first-order valence-electron chi connectivity index (χ1n) is 7.23. The largest absolute Gasteiger partial charge is 0.374 e. The number of hydrogen-bond acceptors (Lipinski definition) is 6. The van der Waals surface area contributed by atoms with E-state index in [2.05, 4.69) is 27.2 Å². The molecule has 6 nitrogen and oxygen atoms in total. The Morgan fingerprint density at radius 2 is 2.09 bits per heavy atom. The number of morpholine rings is 1. The third-order valence-corrected chi connectivity index (χ3v) is 3.56. The smallest absolute Gasteiger partial charge is 0.240 e. The van der Waals surface area contributed by atoms with E-state index >= 15 is 0 Å². The Morgan fingerprint density at radius 3 is 2.86 bits per heavy atom. The normalized spacial score (nSPS) is 18.9. The molecular weight excluding hydrogens is 304 g/mol. The molecule has 1 aliphatic rings. The summed E-state index contributed by atoms with van der Waals surface area (Å²) >= 11 is 0. The Labute approximate surface area is 136 Å². The molecule has 1 aromatic carbocycles. The summed E-state index contributed by atoms with van der Waals surface area (Å²) < 4.78 is 10.9. The van der Waals surface area contributed by atoms with Crippen LogP contribution in [-0.4, -0.2) is 47.4 Å². The maximum atomic E-state index is 5.65. The van der Waals surface area contributed by atoms with E-state index < -0.39 is 0 Å². The summed E-state index contributed by atoms with van der Waals surface area (Å²) in [4.78, 5) is 6.70. The van der Waals surface area contributed by atoms with Crippen molar-refractivity contribution >= 4 is 12.4 Å². The number of nitrogens with two attached hydrogens (primary N) is 1. The molecule has 0 aliphatic carbocycles. The highest BCUT2D eigenvalue weighted by Crippen LogP contribution is 2.11. The third kappa shape index (κ3) is 4.51. The van der Waals surface area contributed by atoms with E-state index in [0.717, 1.165) is 18.9 Å². The quantitative estimate of drug-likeness (QED) is 0.891. The summed E-state index contributed by atoms with van der Waals surface area (Å²) in [5, 5.41) is 4.05. The van der Waals surface area contributed by atoms with E-state index in [0.29, 0.717) is 32.0 Å². The van der Waals surface area contributed by atoms with Crippen LogP contribution in [0.25, 0.3) is 0 Å². The van der Waals surface area contributed by atoms with Crippen LogP contribution in [0.5, 0.6) is 0 Å². The van der Waals surface area contributed by atoms with E-state index in [4.69, 9.17) is 15.0 Å². The minimum atomic E-state index is 0. The van der Waals surface area contributed by atoms with Gasteiger partial charge in [-0.1, -0.05) is 35.5 Å². The van der Waals surface area contributed by atoms with Gasteiger partial charge in [-0.2, -0.15) is 4.98 Å². The number of ether oxygens (including phenoxy) is 1. The van der Waals surface area contributed by atoms with Crippen molar-refractivity contribution in [2.75, 3.05) is 26.2 Å². The Balaban J connectivity index is 0.00000176. The maximum absolute atomic E-state index is 5.65. The lowest BCUT2D eigenvalue weighted by molar-refractivity contribution is -0.0288. The van der Waals surface area contributed by atoms with Gasteiger partial charge in [0, 0.05) is 26.1 Å². The zero-order chi connectivity index (χ0) is 14.5. The average Bonchev–Trinajstić information content (AvgIpc) is 2.95. The second kappa shape index (κ2) is 8.24. The highest BCUT2D eigenvalue weighted by atomic mass is 35.5. The highest BCUT2D eigenvalue weighted by molar-refractivity contribution is 5.85. The van der Waals surface area contributed by atoms with Gasteiger partial charge in [-0.25, -0.2) is 0 Å². The van der Waals surface area contributed by atoms with E-state index in [1.807, 2.05) is 18.2 Å². The van der Waals surface area contributed by atoms with Gasteiger partial charge in [0.05, 0.1) is 19.3 Å². The van der Waals surface area contributed by atoms with Crippen LogP contribution in [0.1, 0.15) is 17.3 Å². The number of halogens is 1. The topological polar surface area (TPSA) is 77.4 Å². The van der Waals surface area contributed by atoms with Gasteiger partial charge in [0.1, 0.15) is 0 Å². The van der Waals surface area contributed by atoms with E-state index in [1.165, 1.54) is 5.56 Å². The minimum Gasteiger partial charge on any atom is -0.374 e. The first-order chi connectivity index (χ1) is 10.3. The molecule has 0 radical (unpaired) electrons. The fourth-order valence-corrected chi connectivity index (χ4v) is 2.46. The molecule has 3 rings (SSSR count). The van der Waals surface area contributed by atoms with Crippen LogP contribution >= 0.6 is 12.4 Å². The first kappa shape index (κ1) is 16.9. The monoisotopic (exact) mass is 324 g/mol. The molecule has 0 bridgehead atoms. The Bertz CT molecular complexity index is 564. The van der Waals surface area contributed by atoms with Gasteiger partial charge in [-0.3, -0.25) is 4.90 Å². The van der Waals surface area contributed by atoms with E-state index in [9.17, 15) is 0 Å². The zero-order valence-electron chi connectivity index (χ0n) is 12.4. The molecule has 1 aliphatic heterocycles. The van der Waals surface area contributed by atoms with Crippen LogP contribution in [0.4, 0.5) is 0 Å². The highest BCUT2D eigenvalue weighted by Gasteiger charge is 2.21. The van der Waals surface area contributed by atoms with Gasteiger partial charge in [-0.05, 0) is 5.56 Å². The number of hydrogen-bond donors (Lipinski definition) is 1. The fourth-order valence-electron chi connectivity index (χ4n) is 2.46. The second-order valence-electron chi connectivity index (χ2n) is 5.23. The molecule has 22 heavy (non-hydrogen) atoms. The fraction of sp³-hybridized carbons (Fsp3) is 0.467. The number of rotatable bonds is 5. The molecule has 1 atom stereocenters. The van der Waals surface area contributed by atoms with Gasteiger partial charge < -0.3 is 15.0 Å². The number of benzene rings is 1. The van der Waals surface area contributed by atoms with Gasteiger partial charge in [0.2, 0.25) is 5.89 Å². The van der Waals surface area contributed by atoms with Gasteiger partial charge in [0.15, 0.2) is 5.82 Å². The lowest BCUT2D eigenvalue weighted by Crippen LogP contribution is -2.45. The molecule has 7 heteroatoms. The summed E-state index contributed by atoms with van der Waals surface area (Å²) in [5.74, 6) is 1.37. The van der Waals surface area contributed by atoms with Gasteiger partial charge in [0.25, 0.3) is 0 Å². The van der Waals surface area contributed by atoms with Crippen LogP contribution in [0.2, 0.25) is 0 Å². The predicted molar refractivity (Wildman–Crippen MR) is 84.9 cm³/mol. The lowest BCUT2D eigenvalue weighted by Gasteiger charge is -2.31. The van der Waals surface area contributed by atoms with Gasteiger partial charge in [-0.15, -0.1) is 12.4 Å². The molecule has 2 heterocycles. The second-order valence-corrected chi connectivity index (χ2v) is 5.23. The first-order valence-corrected chi connectivity index (χ1v) is 7.23. The molecule has 0 amide bonds. The van der Waals surface area contributed by atoms with Crippen LogP contribution in [0.3, 0.4) is 0 Å². The molecule has 1 aromatic heterocycles. The van der Waals surface area contributed by atoms with E-state index in [1.54, 1.807) is 0 Å².